The minimum Gasteiger partial charge on any atom is -0.390 e. The minimum absolute atomic E-state index is 0.0965. The number of pyridine rings is 1. The monoisotopic (exact) mass is 486 g/mol. The van der Waals surface area contributed by atoms with Crippen LogP contribution in [0.5, 0.6) is 0 Å². The molecule has 2 fully saturated rings. The second-order valence-corrected chi connectivity index (χ2v) is 9.98. The Morgan fingerprint density at radius 1 is 1.31 bits per heavy atom. The van der Waals surface area contributed by atoms with E-state index in [-0.39, 0.29) is 30.2 Å². The molecule has 2 aliphatic rings. The second-order valence-electron chi connectivity index (χ2n) is 9.98. The highest BCUT2D eigenvalue weighted by Crippen LogP contribution is 2.44. The molecule has 9 nitrogen and oxygen atoms in total. The zero-order chi connectivity index (χ0) is 25.0. The summed E-state index contributed by atoms with van der Waals surface area (Å²) in [7, 11) is 1.70. The Balaban J connectivity index is 1.43. The van der Waals surface area contributed by atoms with Crippen molar-refractivity contribution in [2.45, 2.75) is 63.0 Å². The Hall–Kier alpha value is -3.34. The standard InChI is InChI=1S/C24H28F2N6O3/c1-23(35)6-5-14(10-23)8-18(33)16-13-28-32-20(27-2)9-19(30-21(16)32)29-17-4-3-7-31(22(17)34)15-11-24(25,26)12-15/h3-4,7,9,13-15,27,35H,5-6,8,10-12H2,1-2H3,(H,29,30)/t14?,23-/m1/s1. The molecule has 0 spiro atoms. The van der Waals surface area contributed by atoms with Gasteiger partial charge < -0.3 is 20.3 Å². The molecule has 3 aromatic rings. The number of aromatic nitrogens is 4. The third-order valence-corrected chi connectivity index (χ3v) is 7.02. The van der Waals surface area contributed by atoms with E-state index in [0.717, 1.165) is 6.42 Å². The molecule has 5 rings (SSSR count). The molecule has 3 aromatic heterocycles. The number of hydrogen-bond acceptors (Lipinski definition) is 7. The normalized spacial score (nSPS) is 23.9. The molecule has 0 bridgehead atoms. The molecular formula is C24H28F2N6O3. The van der Waals surface area contributed by atoms with Crippen LogP contribution in [0.15, 0.2) is 35.4 Å². The zero-order valence-electron chi connectivity index (χ0n) is 19.6. The van der Waals surface area contributed by atoms with Crippen molar-refractivity contribution in [3.8, 4) is 0 Å². The fourth-order valence-corrected chi connectivity index (χ4v) is 5.15. The molecule has 0 saturated heterocycles. The molecule has 0 radical (unpaired) electrons. The quantitative estimate of drug-likeness (QED) is 0.436. The SMILES string of the molecule is CNc1cc(Nc2cccn(C3CC(F)(F)C3)c2=O)nc2c(C(=O)CC3CC[C@@](C)(O)C3)cnn12. The van der Waals surface area contributed by atoms with Gasteiger partial charge in [0, 0.05) is 44.6 Å². The van der Waals surface area contributed by atoms with Crippen LogP contribution in [-0.4, -0.2) is 48.6 Å². The van der Waals surface area contributed by atoms with Crippen LogP contribution in [0.25, 0.3) is 5.65 Å². The summed E-state index contributed by atoms with van der Waals surface area (Å²) in [6, 6.07) is 4.30. The van der Waals surface area contributed by atoms with Crippen molar-refractivity contribution in [2.24, 2.45) is 5.92 Å². The average molecular weight is 487 g/mol. The van der Waals surface area contributed by atoms with Crippen LogP contribution in [0.3, 0.4) is 0 Å². The van der Waals surface area contributed by atoms with Gasteiger partial charge in [0.1, 0.15) is 17.3 Å². The van der Waals surface area contributed by atoms with Gasteiger partial charge in [0.25, 0.3) is 11.5 Å². The number of hydrogen-bond donors (Lipinski definition) is 3. The third kappa shape index (κ3) is 4.52. The molecule has 3 heterocycles. The largest absolute Gasteiger partial charge is 0.390 e. The number of carbonyl (C=O) groups excluding carboxylic acids is 1. The molecule has 3 N–H and O–H groups in total. The lowest BCUT2D eigenvalue weighted by molar-refractivity contribution is -0.104. The van der Waals surface area contributed by atoms with Crippen LogP contribution in [0, 0.1) is 5.92 Å². The predicted octanol–water partition coefficient (Wildman–Crippen LogP) is 3.77. The summed E-state index contributed by atoms with van der Waals surface area (Å²) in [5.41, 5.74) is -0.262. The first-order chi connectivity index (χ1) is 16.5. The van der Waals surface area contributed by atoms with Crippen LogP contribution >= 0.6 is 0 Å². The molecule has 2 saturated carbocycles. The molecule has 186 valence electrons. The molecule has 1 unspecified atom stereocenters. The number of anilines is 3. The molecule has 0 aromatic carbocycles. The minimum atomic E-state index is -2.74. The molecule has 2 atom stereocenters. The van der Waals surface area contributed by atoms with Gasteiger partial charge in [-0.2, -0.15) is 9.61 Å². The van der Waals surface area contributed by atoms with Gasteiger partial charge in [-0.3, -0.25) is 9.59 Å². The van der Waals surface area contributed by atoms with E-state index >= 15 is 0 Å². The summed E-state index contributed by atoms with van der Waals surface area (Å²) in [5.74, 6) is -1.88. The van der Waals surface area contributed by atoms with E-state index in [2.05, 4.69) is 20.7 Å². The Bertz CT molecular complexity index is 1340. The van der Waals surface area contributed by atoms with Crippen molar-refractivity contribution >= 4 is 28.8 Å². The number of aliphatic hydroxyl groups is 1. The lowest BCUT2D eigenvalue weighted by Crippen LogP contribution is -2.41. The number of fused-ring (bicyclic) bond motifs is 1. The summed E-state index contributed by atoms with van der Waals surface area (Å²) < 4.78 is 29.5. The van der Waals surface area contributed by atoms with Gasteiger partial charge in [0.2, 0.25) is 0 Å². The molecule has 0 aliphatic heterocycles. The smallest absolute Gasteiger partial charge is 0.274 e. The first kappa shape index (κ1) is 23.4. The highest BCUT2D eigenvalue weighted by atomic mass is 19.3. The van der Waals surface area contributed by atoms with Gasteiger partial charge in [-0.15, -0.1) is 0 Å². The van der Waals surface area contributed by atoms with E-state index in [4.69, 9.17) is 0 Å². The second kappa shape index (κ2) is 8.40. The maximum Gasteiger partial charge on any atom is 0.274 e. The number of ketones is 1. The number of Topliss-reactive ketones (excluding diaryl/α,β-unsaturated/α-hetero) is 1. The number of nitrogens with zero attached hydrogens (tertiary/aromatic N) is 4. The molecule has 11 heteroatoms. The van der Waals surface area contributed by atoms with E-state index in [1.54, 1.807) is 32.2 Å². The van der Waals surface area contributed by atoms with Gasteiger partial charge >= 0.3 is 0 Å². The van der Waals surface area contributed by atoms with E-state index in [1.807, 2.05) is 0 Å². The Morgan fingerprint density at radius 2 is 2.09 bits per heavy atom. The van der Waals surface area contributed by atoms with Crippen LogP contribution in [-0.2, 0) is 0 Å². The van der Waals surface area contributed by atoms with Gasteiger partial charge in [-0.25, -0.2) is 13.8 Å². The van der Waals surface area contributed by atoms with Crippen LogP contribution in [0.4, 0.5) is 26.1 Å². The average Bonchev–Trinajstić information content (AvgIpc) is 3.35. The molecule has 35 heavy (non-hydrogen) atoms. The molecule has 2 aliphatic carbocycles. The van der Waals surface area contributed by atoms with E-state index in [9.17, 15) is 23.5 Å². The highest BCUT2D eigenvalue weighted by molar-refractivity contribution is 6.01. The van der Waals surface area contributed by atoms with E-state index < -0.39 is 23.1 Å². The number of halogens is 2. The summed E-state index contributed by atoms with van der Waals surface area (Å²) in [6.45, 7) is 1.79. The van der Waals surface area contributed by atoms with Crippen molar-refractivity contribution in [1.82, 2.24) is 19.2 Å². The van der Waals surface area contributed by atoms with Crippen molar-refractivity contribution in [3.05, 3.63) is 46.5 Å². The highest BCUT2D eigenvalue weighted by Gasteiger charge is 2.46. The Labute approximate surface area is 200 Å². The number of alkyl halides is 2. The summed E-state index contributed by atoms with van der Waals surface area (Å²) >= 11 is 0. The van der Waals surface area contributed by atoms with Gasteiger partial charge in [-0.05, 0) is 44.2 Å². The van der Waals surface area contributed by atoms with Crippen LogP contribution in [0.1, 0.15) is 61.8 Å². The molecule has 0 amide bonds. The first-order valence-electron chi connectivity index (χ1n) is 11.7. The predicted molar refractivity (Wildman–Crippen MR) is 127 cm³/mol. The maximum absolute atomic E-state index is 13.3. The fourth-order valence-electron chi connectivity index (χ4n) is 5.15. The Morgan fingerprint density at radius 3 is 2.74 bits per heavy atom. The fraction of sp³-hybridized carbons (Fsp3) is 0.500. The lowest BCUT2D eigenvalue weighted by Gasteiger charge is -2.36. The number of nitrogens with one attached hydrogen (secondary N) is 2. The number of carbonyl (C=O) groups is 1. The first-order valence-corrected chi connectivity index (χ1v) is 11.7. The summed E-state index contributed by atoms with van der Waals surface area (Å²) in [5, 5.41) is 20.5. The number of rotatable bonds is 7. The van der Waals surface area contributed by atoms with Gasteiger partial charge in [0.05, 0.1) is 17.4 Å². The van der Waals surface area contributed by atoms with E-state index in [0.29, 0.717) is 42.1 Å². The van der Waals surface area contributed by atoms with Crippen molar-refractivity contribution in [1.29, 1.82) is 0 Å². The van der Waals surface area contributed by atoms with Crippen molar-refractivity contribution in [2.75, 3.05) is 17.7 Å². The maximum atomic E-state index is 13.3. The van der Waals surface area contributed by atoms with Crippen molar-refractivity contribution < 1.29 is 18.7 Å². The van der Waals surface area contributed by atoms with Gasteiger partial charge in [-0.1, -0.05) is 0 Å². The van der Waals surface area contributed by atoms with E-state index in [1.165, 1.54) is 21.5 Å². The van der Waals surface area contributed by atoms with Crippen molar-refractivity contribution in [3.63, 3.8) is 0 Å². The third-order valence-electron chi connectivity index (χ3n) is 7.02. The lowest BCUT2D eigenvalue weighted by atomic mass is 9.88. The zero-order valence-corrected chi connectivity index (χ0v) is 19.6. The topological polar surface area (TPSA) is 114 Å². The van der Waals surface area contributed by atoms with Crippen LogP contribution < -0.4 is 16.2 Å². The van der Waals surface area contributed by atoms with Crippen LogP contribution in [0.2, 0.25) is 0 Å². The Kier molecular flexibility index (Phi) is 5.62. The van der Waals surface area contributed by atoms with Gasteiger partial charge in [0.15, 0.2) is 11.4 Å². The molecular weight excluding hydrogens is 458 g/mol. The summed E-state index contributed by atoms with van der Waals surface area (Å²) in [4.78, 5) is 30.6. The summed E-state index contributed by atoms with van der Waals surface area (Å²) in [6.07, 6.45) is 4.60.